The number of amides is 1. The van der Waals surface area contributed by atoms with E-state index in [-0.39, 0.29) is 11.9 Å². The molecular formula is C29H36N4O3. The van der Waals surface area contributed by atoms with Gasteiger partial charge < -0.3 is 24.6 Å². The van der Waals surface area contributed by atoms with Gasteiger partial charge in [0.2, 0.25) is 5.91 Å². The Morgan fingerprint density at radius 3 is 2.64 bits per heavy atom. The molecule has 2 aromatic carbocycles. The number of hydrogen-bond acceptors (Lipinski definition) is 6. The van der Waals surface area contributed by atoms with Gasteiger partial charge in [0.25, 0.3) is 0 Å². The van der Waals surface area contributed by atoms with E-state index in [1.54, 1.807) is 7.11 Å². The number of pyridine rings is 1. The lowest BCUT2D eigenvalue weighted by Crippen LogP contribution is -2.41. The molecule has 3 aliphatic rings. The third kappa shape index (κ3) is 4.57. The number of aromatic nitrogens is 1. The number of nitrogens with one attached hydrogen (secondary N) is 1. The van der Waals surface area contributed by atoms with Crippen molar-refractivity contribution < 1.29 is 14.3 Å². The summed E-state index contributed by atoms with van der Waals surface area (Å²) in [5.41, 5.74) is 2.81. The Bertz CT molecular complexity index is 1250. The first-order chi connectivity index (χ1) is 17.7. The van der Waals surface area contributed by atoms with Gasteiger partial charge in [-0.2, -0.15) is 0 Å². The molecule has 36 heavy (non-hydrogen) atoms. The molecule has 1 amide bonds. The van der Waals surface area contributed by atoms with Gasteiger partial charge in [-0.3, -0.25) is 4.79 Å². The van der Waals surface area contributed by atoms with E-state index in [4.69, 9.17) is 14.5 Å². The number of benzene rings is 2. The topological polar surface area (TPSA) is 66.9 Å². The minimum absolute atomic E-state index is 0.0830. The van der Waals surface area contributed by atoms with Crippen LogP contribution in [0.2, 0.25) is 0 Å². The van der Waals surface area contributed by atoms with Gasteiger partial charge in [-0.25, -0.2) is 4.98 Å². The SMILES string of the molecule is COc1cc2c(NC3CC(=O)N(C4CCC4)C3)c3ccccc3nc2cc1OCCCN1CCCC1. The zero-order valence-corrected chi connectivity index (χ0v) is 21.2. The third-order valence-electron chi connectivity index (χ3n) is 8.06. The van der Waals surface area contributed by atoms with Crippen LogP contribution in [0, 0.1) is 0 Å². The molecule has 3 heterocycles. The minimum atomic E-state index is 0.0830. The summed E-state index contributed by atoms with van der Waals surface area (Å²) in [4.78, 5) is 22.3. The van der Waals surface area contributed by atoms with Crippen LogP contribution in [0.25, 0.3) is 21.8 Å². The zero-order valence-electron chi connectivity index (χ0n) is 21.2. The summed E-state index contributed by atoms with van der Waals surface area (Å²) in [6, 6.07) is 12.7. The average molecular weight is 489 g/mol. The molecule has 1 unspecified atom stereocenters. The Labute approximate surface area is 212 Å². The first-order valence-corrected chi connectivity index (χ1v) is 13.5. The summed E-state index contributed by atoms with van der Waals surface area (Å²) in [5.74, 6) is 1.71. The van der Waals surface area contributed by atoms with Crippen LogP contribution < -0.4 is 14.8 Å². The Hall–Kier alpha value is -3.06. The second-order valence-corrected chi connectivity index (χ2v) is 10.5. The first kappa shape index (κ1) is 23.3. The van der Waals surface area contributed by atoms with Gasteiger partial charge in [0.1, 0.15) is 0 Å². The summed E-state index contributed by atoms with van der Waals surface area (Å²) in [7, 11) is 1.69. The van der Waals surface area contributed by atoms with E-state index in [9.17, 15) is 4.79 Å². The molecule has 3 aromatic rings. The summed E-state index contributed by atoms with van der Waals surface area (Å²) < 4.78 is 11.9. The lowest BCUT2D eigenvalue weighted by molar-refractivity contribution is -0.131. The Kier molecular flexibility index (Phi) is 6.57. The molecule has 2 aliphatic heterocycles. The second-order valence-electron chi connectivity index (χ2n) is 10.5. The summed E-state index contributed by atoms with van der Waals surface area (Å²) in [5, 5.41) is 5.79. The number of para-hydroxylation sites is 1. The number of methoxy groups -OCH3 is 1. The first-order valence-electron chi connectivity index (χ1n) is 13.5. The molecule has 1 aliphatic carbocycles. The lowest BCUT2D eigenvalue weighted by atomic mass is 9.92. The second kappa shape index (κ2) is 10.1. The maximum Gasteiger partial charge on any atom is 0.225 e. The van der Waals surface area contributed by atoms with Crippen LogP contribution in [0.4, 0.5) is 5.69 Å². The lowest BCUT2D eigenvalue weighted by Gasteiger charge is -2.34. The van der Waals surface area contributed by atoms with Crippen molar-refractivity contribution in [2.45, 2.75) is 57.0 Å². The van der Waals surface area contributed by atoms with E-state index in [1.807, 2.05) is 30.3 Å². The Morgan fingerprint density at radius 1 is 1.03 bits per heavy atom. The predicted molar refractivity (Wildman–Crippen MR) is 143 cm³/mol. The number of hydrogen-bond donors (Lipinski definition) is 1. The molecule has 7 nitrogen and oxygen atoms in total. The number of anilines is 1. The van der Waals surface area contributed by atoms with Gasteiger partial charge in [0, 0.05) is 42.4 Å². The number of likely N-dealkylation sites (tertiary alicyclic amines) is 2. The quantitative estimate of drug-likeness (QED) is 0.344. The van der Waals surface area contributed by atoms with E-state index in [0.717, 1.165) is 65.6 Å². The van der Waals surface area contributed by atoms with Crippen LogP contribution in [0.3, 0.4) is 0 Å². The van der Waals surface area contributed by atoms with Crippen molar-refractivity contribution in [2.75, 3.05) is 45.2 Å². The number of ether oxygens (including phenoxy) is 2. The number of carbonyl (C=O) groups is 1. The summed E-state index contributed by atoms with van der Waals surface area (Å²) in [6.07, 6.45) is 7.64. The van der Waals surface area contributed by atoms with Crippen LogP contribution in [0.1, 0.15) is 44.9 Å². The van der Waals surface area contributed by atoms with E-state index in [1.165, 1.54) is 32.4 Å². The molecular weight excluding hydrogens is 452 g/mol. The van der Waals surface area contributed by atoms with Gasteiger partial charge in [-0.05, 0) is 63.7 Å². The monoisotopic (exact) mass is 488 g/mol. The number of rotatable bonds is 9. The highest BCUT2D eigenvalue weighted by atomic mass is 16.5. The molecule has 190 valence electrons. The fourth-order valence-electron chi connectivity index (χ4n) is 5.89. The van der Waals surface area contributed by atoms with E-state index in [2.05, 4.69) is 21.2 Å². The molecule has 0 spiro atoms. The highest BCUT2D eigenvalue weighted by Gasteiger charge is 2.37. The highest BCUT2D eigenvalue weighted by Crippen LogP contribution is 2.39. The van der Waals surface area contributed by atoms with Crippen LogP contribution in [-0.4, -0.2) is 72.7 Å². The molecule has 3 fully saturated rings. The molecule has 2 saturated heterocycles. The largest absolute Gasteiger partial charge is 0.493 e. The van der Waals surface area contributed by atoms with Crippen molar-refractivity contribution in [3.8, 4) is 11.5 Å². The smallest absolute Gasteiger partial charge is 0.225 e. The minimum Gasteiger partial charge on any atom is -0.493 e. The Morgan fingerprint density at radius 2 is 1.86 bits per heavy atom. The van der Waals surface area contributed by atoms with Gasteiger partial charge in [0.05, 0.1) is 36.5 Å². The Balaban J connectivity index is 1.28. The predicted octanol–water partition coefficient (Wildman–Crippen LogP) is 4.83. The molecule has 7 heteroatoms. The van der Waals surface area contributed by atoms with E-state index < -0.39 is 0 Å². The van der Waals surface area contributed by atoms with E-state index >= 15 is 0 Å². The van der Waals surface area contributed by atoms with Crippen LogP contribution in [0.15, 0.2) is 36.4 Å². The number of carbonyl (C=O) groups excluding carboxylic acids is 1. The van der Waals surface area contributed by atoms with Crippen molar-refractivity contribution in [1.29, 1.82) is 0 Å². The normalized spacial score (nSPS) is 20.9. The number of nitrogens with zero attached hydrogens (tertiary/aromatic N) is 3. The van der Waals surface area contributed by atoms with Crippen LogP contribution >= 0.6 is 0 Å². The van der Waals surface area contributed by atoms with Crippen molar-refractivity contribution in [3.05, 3.63) is 36.4 Å². The highest BCUT2D eigenvalue weighted by molar-refractivity contribution is 6.08. The standard InChI is InChI=1S/C29H36N4O3/c1-35-26-17-23-25(18-27(26)36-15-7-14-32-12-4-5-13-32)31-24-11-3-2-10-22(24)29(23)30-20-16-28(34)33(19-20)21-8-6-9-21/h2-3,10-11,17-18,20-21H,4-9,12-16,19H2,1H3,(H,30,31). The van der Waals surface area contributed by atoms with Crippen molar-refractivity contribution in [1.82, 2.24) is 14.8 Å². The van der Waals surface area contributed by atoms with Crippen LogP contribution in [0.5, 0.6) is 11.5 Å². The molecule has 1 aromatic heterocycles. The molecule has 1 atom stereocenters. The fraction of sp³-hybridized carbons (Fsp3) is 0.517. The van der Waals surface area contributed by atoms with Crippen molar-refractivity contribution >= 4 is 33.4 Å². The molecule has 0 bridgehead atoms. The van der Waals surface area contributed by atoms with Gasteiger partial charge >= 0.3 is 0 Å². The maximum atomic E-state index is 12.7. The molecule has 0 radical (unpaired) electrons. The van der Waals surface area contributed by atoms with Gasteiger partial charge in [-0.15, -0.1) is 0 Å². The number of fused-ring (bicyclic) bond motifs is 2. The van der Waals surface area contributed by atoms with Crippen molar-refractivity contribution in [3.63, 3.8) is 0 Å². The zero-order chi connectivity index (χ0) is 24.5. The third-order valence-corrected chi connectivity index (χ3v) is 8.06. The van der Waals surface area contributed by atoms with E-state index in [0.29, 0.717) is 24.8 Å². The van der Waals surface area contributed by atoms with Crippen LogP contribution in [-0.2, 0) is 4.79 Å². The average Bonchev–Trinajstić information content (AvgIpc) is 3.50. The van der Waals surface area contributed by atoms with Gasteiger partial charge in [0.15, 0.2) is 11.5 Å². The molecule has 1 saturated carbocycles. The van der Waals surface area contributed by atoms with Gasteiger partial charge in [-0.1, -0.05) is 18.2 Å². The van der Waals surface area contributed by atoms with Crippen molar-refractivity contribution in [2.24, 2.45) is 0 Å². The molecule has 1 N–H and O–H groups in total. The fourth-order valence-corrected chi connectivity index (χ4v) is 5.89. The summed E-state index contributed by atoms with van der Waals surface area (Å²) in [6.45, 7) is 4.90. The maximum absolute atomic E-state index is 12.7. The summed E-state index contributed by atoms with van der Waals surface area (Å²) >= 11 is 0. The molecule has 6 rings (SSSR count).